The predicted molar refractivity (Wildman–Crippen MR) is 81.0 cm³/mol. The van der Waals surface area contributed by atoms with E-state index < -0.39 is 0 Å². The van der Waals surface area contributed by atoms with Crippen molar-refractivity contribution in [3.63, 3.8) is 0 Å². The summed E-state index contributed by atoms with van der Waals surface area (Å²) in [5.41, 5.74) is 2.01. The largest absolute Gasteiger partial charge is 0.379 e. The minimum Gasteiger partial charge on any atom is -0.379 e. The summed E-state index contributed by atoms with van der Waals surface area (Å²) in [6.45, 7) is 13.1. The molecule has 112 valence electrons. The van der Waals surface area contributed by atoms with Crippen LogP contribution in [-0.2, 0) is 4.74 Å². The monoisotopic (exact) mass is 278 g/mol. The van der Waals surface area contributed by atoms with Gasteiger partial charge in [0.25, 0.3) is 0 Å². The number of ether oxygens (including phenoxy) is 1. The predicted octanol–water partition coefficient (Wildman–Crippen LogP) is 1.86. The molecule has 1 aliphatic heterocycles. The van der Waals surface area contributed by atoms with Gasteiger partial charge in [0.1, 0.15) is 0 Å². The molecule has 2 heterocycles. The molecular formula is C15H26N4O. The number of rotatable bonds is 5. The van der Waals surface area contributed by atoms with Crippen LogP contribution in [-0.4, -0.2) is 53.8 Å². The minimum atomic E-state index is 0.489. The Balaban J connectivity index is 1.97. The third-order valence-electron chi connectivity index (χ3n) is 3.74. The zero-order valence-corrected chi connectivity index (χ0v) is 13.0. The Hall–Kier alpha value is -1.20. The van der Waals surface area contributed by atoms with Gasteiger partial charge >= 0.3 is 0 Å². The third kappa shape index (κ3) is 4.15. The molecule has 0 saturated carbocycles. The average molecular weight is 278 g/mol. The highest BCUT2D eigenvalue weighted by Crippen LogP contribution is 2.14. The quantitative estimate of drug-likeness (QED) is 0.891. The van der Waals surface area contributed by atoms with Crippen LogP contribution in [0.25, 0.3) is 0 Å². The summed E-state index contributed by atoms with van der Waals surface area (Å²) in [4.78, 5) is 11.4. The molecule has 1 aromatic heterocycles. The lowest BCUT2D eigenvalue weighted by Crippen LogP contribution is -2.49. The van der Waals surface area contributed by atoms with Gasteiger partial charge in [0.15, 0.2) is 0 Å². The number of nitrogens with zero attached hydrogens (tertiary/aromatic N) is 3. The Kier molecular flexibility index (Phi) is 5.31. The molecule has 1 atom stereocenters. The first-order valence-electron chi connectivity index (χ1n) is 7.44. The first-order chi connectivity index (χ1) is 9.56. The maximum Gasteiger partial charge on any atom is 0.223 e. The summed E-state index contributed by atoms with van der Waals surface area (Å²) in [6.07, 6.45) is 0. The first kappa shape index (κ1) is 15.2. The molecule has 5 nitrogen and oxygen atoms in total. The van der Waals surface area contributed by atoms with Crippen LogP contribution in [0.2, 0.25) is 0 Å². The Morgan fingerprint density at radius 3 is 2.35 bits per heavy atom. The van der Waals surface area contributed by atoms with Gasteiger partial charge in [-0.15, -0.1) is 0 Å². The van der Waals surface area contributed by atoms with Crippen LogP contribution in [0.5, 0.6) is 0 Å². The van der Waals surface area contributed by atoms with E-state index in [2.05, 4.69) is 34.0 Å². The fraction of sp³-hybridized carbons (Fsp3) is 0.733. The van der Waals surface area contributed by atoms with Crippen molar-refractivity contribution in [2.24, 2.45) is 5.92 Å². The van der Waals surface area contributed by atoms with Crippen LogP contribution >= 0.6 is 0 Å². The maximum atomic E-state index is 5.44. The van der Waals surface area contributed by atoms with Crippen molar-refractivity contribution in [1.29, 1.82) is 0 Å². The lowest BCUT2D eigenvalue weighted by atomic mass is 10.0. The topological polar surface area (TPSA) is 50.3 Å². The van der Waals surface area contributed by atoms with Crippen LogP contribution in [0.15, 0.2) is 6.07 Å². The van der Waals surface area contributed by atoms with Gasteiger partial charge < -0.3 is 10.1 Å². The van der Waals surface area contributed by atoms with Gasteiger partial charge in [-0.1, -0.05) is 13.8 Å². The van der Waals surface area contributed by atoms with E-state index in [-0.39, 0.29) is 0 Å². The third-order valence-corrected chi connectivity index (χ3v) is 3.74. The van der Waals surface area contributed by atoms with E-state index in [0.717, 1.165) is 50.2 Å². The highest BCUT2D eigenvalue weighted by atomic mass is 16.5. The SMILES string of the molecule is Cc1cc(C)nc(NCC(C(C)C)N2CCOCC2)n1. The maximum absolute atomic E-state index is 5.44. The summed E-state index contributed by atoms with van der Waals surface area (Å²) in [6, 6.07) is 2.48. The highest BCUT2D eigenvalue weighted by molar-refractivity contribution is 5.27. The van der Waals surface area contributed by atoms with Gasteiger partial charge in [0.05, 0.1) is 13.2 Å². The van der Waals surface area contributed by atoms with Crippen LogP contribution in [0.3, 0.4) is 0 Å². The smallest absolute Gasteiger partial charge is 0.223 e. The number of anilines is 1. The first-order valence-corrected chi connectivity index (χ1v) is 7.44. The highest BCUT2D eigenvalue weighted by Gasteiger charge is 2.23. The van der Waals surface area contributed by atoms with E-state index in [0.29, 0.717) is 12.0 Å². The number of nitrogens with one attached hydrogen (secondary N) is 1. The number of aryl methyl sites for hydroxylation is 2. The Morgan fingerprint density at radius 2 is 1.80 bits per heavy atom. The van der Waals surface area contributed by atoms with Crippen molar-refractivity contribution in [3.05, 3.63) is 17.5 Å². The summed E-state index contributed by atoms with van der Waals surface area (Å²) in [7, 11) is 0. The van der Waals surface area contributed by atoms with Gasteiger partial charge in [-0.3, -0.25) is 4.90 Å². The molecule has 1 saturated heterocycles. The van der Waals surface area contributed by atoms with E-state index >= 15 is 0 Å². The van der Waals surface area contributed by atoms with Crippen LogP contribution in [0.4, 0.5) is 5.95 Å². The van der Waals surface area contributed by atoms with E-state index in [1.807, 2.05) is 19.9 Å². The molecule has 0 aliphatic carbocycles. The Labute approximate surface area is 121 Å². The second-order valence-electron chi connectivity index (χ2n) is 5.81. The molecule has 0 aromatic carbocycles. The number of morpholine rings is 1. The van der Waals surface area contributed by atoms with Gasteiger partial charge in [-0.2, -0.15) is 0 Å². The standard InChI is InChI=1S/C15H26N4O/c1-11(2)14(19-5-7-20-8-6-19)10-16-15-17-12(3)9-13(4)18-15/h9,11,14H,5-8,10H2,1-4H3,(H,16,17,18). The molecular weight excluding hydrogens is 252 g/mol. The fourth-order valence-electron chi connectivity index (χ4n) is 2.70. The molecule has 5 heteroatoms. The lowest BCUT2D eigenvalue weighted by molar-refractivity contribution is 0.00951. The molecule has 1 aromatic rings. The minimum absolute atomic E-state index is 0.489. The normalized spacial score (nSPS) is 18.2. The summed E-state index contributed by atoms with van der Waals surface area (Å²) in [5.74, 6) is 1.33. The van der Waals surface area contributed by atoms with Crippen molar-refractivity contribution in [2.75, 3.05) is 38.2 Å². The lowest BCUT2D eigenvalue weighted by Gasteiger charge is -2.36. The average Bonchev–Trinajstić information content (AvgIpc) is 2.38. The Bertz CT molecular complexity index is 410. The van der Waals surface area contributed by atoms with Crippen molar-refractivity contribution < 1.29 is 4.74 Å². The molecule has 2 rings (SSSR count). The van der Waals surface area contributed by atoms with Gasteiger partial charge in [-0.05, 0) is 25.8 Å². The van der Waals surface area contributed by atoms with E-state index in [4.69, 9.17) is 4.74 Å². The van der Waals surface area contributed by atoms with Crippen molar-refractivity contribution in [2.45, 2.75) is 33.7 Å². The molecule has 0 radical (unpaired) electrons. The molecule has 1 fully saturated rings. The van der Waals surface area contributed by atoms with Crippen molar-refractivity contribution in [3.8, 4) is 0 Å². The fourth-order valence-corrected chi connectivity index (χ4v) is 2.70. The van der Waals surface area contributed by atoms with E-state index in [1.54, 1.807) is 0 Å². The molecule has 1 N–H and O–H groups in total. The number of hydrogen-bond acceptors (Lipinski definition) is 5. The van der Waals surface area contributed by atoms with Crippen LogP contribution in [0.1, 0.15) is 25.2 Å². The van der Waals surface area contributed by atoms with E-state index in [9.17, 15) is 0 Å². The molecule has 1 unspecified atom stereocenters. The van der Waals surface area contributed by atoms with Gasteiger partial charge in [-0.25, -0.2) is 9.97 Å². The van der Waals surface area contributed by atoms with Crippen LogP contribution in [0, 0.1) is 19.8 Å². The zero-order valence-electron chi connectivity index (χ0n) is 13.0. The molecule has 0 spiro atoms. The van der Waals surface area contributed by atoms with Gasteiger partial charge in [0, 0.05) is 37.1 Å². The number of aromatic nitrogens is 2. The number of hydrogen-bond donors (Lipinski definition) is 1. The second kappa shape index (κ2) is 6.99. The summed E-state index contributed by atoms with van der Waals surface area (Å²) < 4.78 is 5.44. The van der Waals surface area contributed by atoms with Crippen LogP contribution < -0.4 is 5.32 Å². The summed E-state index contributed by atoms with van der Waals surface area (Å²) >= 11 is 0. The Morgan fingerprint density at radius 1 is 1.20 bits per heavy atom. The van der Waals surface area contributed by atoms with Crippen molar-refractivity contribution in [1.82, 2.24) is 14.9 Å². The molecule has 0 amide bonds. The molecule has 1 aliphatic rings. The molecule has 20 heavy (non-hydrogen) atoms. The molecule has 0 bridgehead atoms. The van der Waals surface area contributed by atoms with Crippen molar-refractivity contribution >= 4 is 5.95 Å². The second-order valence-corrected chi connectivity index (χ2v) is 5.81. The summed E-state index contributed by atoms with van der Waals surface area (Å²) in [5, 5.41) is 3.40. The van der Waals surface area contributed by atoms with Gasteiger partial charge in [0.2, 0.25) is 5.95 Å². The van der Waals surface area contributed by atoms with E-state index in [1.165, 1.54) is 0 Å². The zero-order chi connectivity index (χ0) is 14.5.